The Kier molecular flexibility index (Phi) is 5.75. The van der Waals surface area contributed by atoms with Gasteiger partial charge < -0.3 is 20.6 Å². The van der Waals surface area contributed by atoms with Gasteiger partial charge in [-0.15, -0.1) is 0 Å². The first-order valence-electron chi connectivity index (χ1n) is 4.48. The van der Waals surface area contributed by atoms with E-state index in [4.69, 9.17) is 20.6 Å². The molecule has 0 spiro atoms. The van der Waals surface area contributed by atoms with Crippen molar-refractivity contribution in [3.05, 3.63) is 11.6 Å². The van der Waals surface area contributed by atoms with E-state index in [-0.39, 0.29) is 0 Å². The lowest BCUT2D eigenvalue weighted by atomic mass is 10.1. The molecule has 6 nitrogen and oxygen atoms in total. The monoisotopic (exact) mass is 237 g/mol. The van der Waals surface area contributed by atoms with Crippen LogP contribution in [0.2, 0.25) is 0 Å². The second-order valence-corrected chi connectivity index (χ2v) is 4.91. The molecule has 0 saturated heterocycles. The highest BCUT2D eigenvalue weighted by Crippen LogP contribution is 2.37. The molecular weight excluding hydrogens is 221 g/mol. The maximum absolute atomic E-state index is 10.7. The Labute approximate surface area is 88.0 Å². The molecule has 7 heteroatoms. The van der Waals surface area contributed by atoms with Crippen molar-refractivity contribution in [1.29, 1.82) is 0 Å². The van der Waals surface area contributed by atoms with Crippen molar-refractivity contribution in [2.75, 3.05) is 6.16 Å². The summed E-state index contributed by atoms with van der Waals surface area (Å²) in [5.41, 5.74) is 5.63. The maximum atomic E-state index is 10.7. The van der Waals surface area contributed by atoms with E-state index in [1.165, 1.54) is 6.08 Å². The van der Waals surface area contributed by atoms with Crippen molar-refractivity contribution in [3.63, 3.8) is 0 Å². The second-order valence-electron chi connectivity index (χ2n) is 3.26. The quantitative estimate of drug-likeness (QED) is 0.389. The first-order valence-corrected chi connectivity index (χ1v) is 6.28. The van der Waals surface area contributed by atoms with Crippen molar-refractivity contribution < 1.29 is 24.3 Å². The van der Waals surface area contributed by atoms with Crippen molar-refractivity contribution >= 4 is 13.6 Å². The summed E-state index contributed by atoms with van der Waals surface area (Å²) in [6.07, 6.45) is 1.89. The summed E-state index contributed by atoms with van der Waals surface area (Å²) in [5.74, 6) is -1.21. The van der Waals surface area contributed by atoms with Crippen LogP contribution in [0.1, 0.15) is 19.8 Å². The molecule has 0 aromatic rings. The molecule has 88 valence electrons. The summed E-state index contributed by atoms with van der Waals surface area (Å²) in [6, 6.07) is -1.21. The molecule has 0 aliphatic heterocycles. The Morgan fingerprint density at radius 3 is 2.40 bits per heavy atom. The summed E-state index contributed by atoms with van der Waals surface area (Å²) in [5, 5.41) is 8.53. The van der Waals surface area contributed by atoms with Crippen molar-refractivity contribution in [2.24, 2.45) is 5.73 Å². The Balaban J connectivity index is 4.65. The van der Waals surface area contributed by atoms with E-state index in [1.807, 2.05) is 6.92 Å². The molecule has 0 unspecified atom stereocenters. The summed E-state index contributed by atoms with van der Waals surface area (Å²) >= 11 is 0. The van der Waals surface area contributed by atoms with Crippen molar-refractivity contribution in [3.8, 4) is 0 Å². The average Bonchev–Trinajstić information content (AvgIpc) is 2.00. The van der Waals surface area contributed by atoms with Crippen LogP contribution in [-0.4, -0.2) is 33.1 Å². The van der Waals surface area contributed by atoms with Gasteiger partial charge >= 0.3 is 13.6 Å². The van der Waals surface area contributed by atoms with Crippen LogP contribution in [-0.2, 0) is 9.36 Å². The highest BCUT2D eigenvalue weighted by atomic mass is 31.2. The van der Waals surface area contributed by atoms with Gasteiger partial charge in [0.15, 0.2) is 0 Å². The predicted molar refractivity (Wildman–Crippen MR) is 55.5 cm³/mol. The molecule has 0 heterocycles. The van der Waals surface area contributed by atoms with Gasteiger partial charge in [0, 0.05) is 0 Å². The van der Waals surface area contributed by atoms with Crippen LogP contribution in [0.4, 0.5) is 0 Å². The van der Waals surface area contributed by atoms with Crippen LogP contribution in [0.25, 0.3) is 0 Å². The van der Waals surface area contributed by atoms with Gasteiger partial charge in [-0.25, -0.2) is 0 Å². The molecule has 0 fully saturated rings. The first kappa shape index (κ1) is 14.3. The minimum Gasteiger partial charge on any atom is -0.480 e. The zero-order chi connectivity index (χ0) is 12.1. The number of carbonyl (C=O) groups is 1. The van der Waals surface area contributed by atoms with E-state index >= 15 is 0 Å². The fraction of sp³-hybridized carbons (Fsp3) is 0.625. The van der Waals surface area contributed by atoms with Crippen LogP contribution in [0, 0.1) is 0 Å². The largest absolute Gasteiger partial charge is 0.480 e. The topological polar surface area (TPSA) is 121 Å². The SMILES string of the molecule is CCCC(=C[C@@H](N)C(=O)O)CP(=O)(O)O. The summed E-state index contributed by atoms with van der Waals surface area (Å²) in [6.45, 7) is 1.83. The Bertz CT molecular complexity index is 295. The van der Waals surface area contributed by atoms with E-state index in [0.717, 1.165) is 0 Å². The van der Waals surface area contributed by atoms with E-state index in [2.05, 4.69) is 0 Å². The van der Waals surface area contributed by atoms with Gasteiger partial charge in [0.25, 0.3) is 0 Å². The van der Waals surface area contributed by atoms with Crippen LogP contribution >= 0.6 is 7.60 Å². The Morgan fingerprint density at radius 2 is 2.07 bits per heavy atom. The van der Waals surface area contributed by atoms with Gasteiger partial charge in [0.2, 0.25) is 0 Å². The third-order valence-corrected chi connectivity index (χ3v) is 2.50. The van der Waals surface area contributed by atoms with Gasteiger partial charge in [-0.3, -0.25) is 9.36 Å². The molecule has 0 aliphatic rings. The second kappa shape index (κ2) is 6.02. The standard InChI is InChI=1S/C8H16NO5P/c1-2-3-6(5-15(12,13)14)4-7(9)8(10)11/h4,7H,2-3,5,9H2,1H3,(H,10,11)(H2,12,13,14)/t7-/m1/s1. The molecule has 0 aromatic carbocycles. The number of aliphatic carboxylic acids is 1. The number of carboxylic acids is 1. The lowest BCUT2D eigenvalue weighted by Gasteiger charge is -2.09. The van der Waals surface area contributed by atoms with Gasteiger partial charge in [0.05, 0.1) is 6.16 Å². The van der Waals surface area contributed by atoms with Crippen LogP contribution in [0.3, 0.4) is 0 Å². The molecule has 5 N–H and O–H groups in total. The van der Waals surface area contributed by atoms with Gasteiger partial charge in [-0.1, -0.05) is 25.0 Å². The van der Waals surface area contributed by atoms with Gasteiger partial charge in [-0.05, 0) is 6.42 Å². The number of nitrogens with two attached hydrogens (primary N) is 1. The van der Waals surface area contributed by atoms with E-state index in [1.54, 1.807) is 0 Å². The zero-order valence-electron chi connectivity index (χ0n) is 8.46. The van der Waals surface area contributed by atoms with Gasteiger partial charge in [0.1, 0.15) is 6.04 Å². The smallest absolute Gasteiger partial charge is 0.329 e. The van der Waals surface area contributed by atoms with Crippen LogP contribution in [0.15, 0.2) is 11.6 Å². The third kappa shape index (κ3) is 7.27. The lowest BCUT2D eigenvalue weighted by molar-refractivity contribution is -0.137. The molecule has 0 bridgehead atoms. The first-order chi connectivity index (χ1) is 6.76. The fourth-order valence-corrected chi connectivity index (χ4v) is 1.92. The number of allylic oxidation sites excluding steroid dienone is 1. The van der Waals surface area contributed by atoms with Crippen molar-refractivity contribution in [2.45, 2.75) is 25.8 Å². The minimum absolute atomic E-state index is 0.390. The maximum Gasteiger partial charge on any atom is 0.329 e. The number of hydrogen-bond acceptors (Lipinski definition) is 3. The van der Waals surface area contributed by atoms with Crippen LogP contribution in [0.5, 0.6) is 0 Å². The molecule has 0 amide bonds. The predicted octanol–water partition coefficient (Wildman–Crippen LogP) is 0.302. The van der Waals surface area contributed by atoms with E-state index in [0.29, 0.717) is 18.4 Å². The van der Waals surface area contributed by atoms with Crippen molar-refractivity contribution in [1.82, 2.24) is 0 Å². The molecule has 0 saturated carbocycles. The van der Waals surface area contributed by atoms with E-state index in [9.17, 15) is 9.36 Å². The summed E-state index contributed by atoms with van der Waals surface area (Å²) in [4.78, 5) is 27.9. The molecule has 0 aliphatic carbocycles. The molecule has 0 aromatic heterocycles. The van der Waals surface area contributed by atoms with Gasteiger partial charge in [-0.2, -0.15) is 0 Å². The third-order valence-electron chi connectivity index (χ3n) is 1.68. The molecule has 15 heavy (non-hydrogen) atoms. The highest BCUT2D eigenvalue weighted by Gasteiger charge is 2.17. The Morgan fingerprint density at radius 1 is 1.53 bits per heavy atom. The number of carboxylic acid groups (broad SMARTS) is 1. The fourth-order valence-electron chi connectivity index (χ4n) is 1.13. The zero-order valence-corrected chi connectivity index (χ0v) is 9.35. The van der Waals surface area contributed by atoms with E-state index < -0.39 is 25.8 Å². The average molecular weight is 237 g/mol. The summed E-state index contributed by atoms with van der Waals surface area (Å²) in [7, 11) is -4.15. The summed E-state index contributed by atoms with van der Waals surface area (Å²) < 4.78 is 10.7. The molecule has 0 radical (unpaired) electrons. The Hall–Kier alpha value is -0.680. The number of rotatable bonds is 6. The minimum atomic E-state index is -4.15. The normalized spacial score (nSPS) is 15.1. The highest BCUT2D eigenvalue weighted by molar-refractivity contribution is 7.52. The van der Waals surface area contributed by atoms with Crippen LogP contribution < -0.4 is 5.73 Å². The molecular formula is C8H16NO5P. The number of hydrogen-bond donors (Lipinski definition) is 4. The molecule has 0 rings (SSSR count). The molecule has 1 atom stereocenters. The lowest BCUT2D eigenvalue weighted by Crippen LogP contribution is -2.28.